The standard InChI is InChI=1S/C8H19N2/c1-7(2)8(3)10(5)6-9-4/h7,9H,6H2,1-5H3/q+1. The Labute approximate surface area is 63.9 Å². The molecule has 0 saturated heterocycles. The van der Waals surface area contributed by atoms with E-state index in [9.17, 15) is 0 Å². The minimum Gasteiger partial charge on any atom is -0.265 e. The van der Waals surface area contributed by atoms with Crippen LogP contribution in [-0.4, -0.2) is 31.1 Å². The summed E-state index contributed by atoms with van der Waals surface area (Å²) in [5.74, 6) is 0.651. The van der Waals surface area contributed by atoms with Crippen LogP contribution in [0.3, 0.4) is 0 Å². The summed E-state index contributed by atoms with van der Waals surface area (Å²) >= 11 is 0. The minimum atomic E-state index is 0.651. The minimum absolute atomic E-state index is 0.651. The molecule has 0 amide bonds. The Morgan fingerprint density at radius 1 is 1.50 bits per heavy atom. The average Bonchev–Trinajstić information content (AvgIpc) is 1.87. The van der Waals surface area contributed by atoms with Gasteiger partial charge in [-0.05, 0) is 7.05 Å². The highest BCUT2D eigenvalue weighted by molar-refractivity contribution is 5.78. The molecule has 2 heteroatoms. The van der Waals surface area contributed by atoms with Gasteiger partial charge in [-0.25, -0.2) is 4.58 Å². The van der Waals surface area contributed by atoms with Crippen molar-refractivity contribution in [1.29, 1.82) is 0 Å². The average molecular weight is 143 g/mol. The number of nitrogens with one attached hydrogen (secondary N) is 1. The zero-order chi connectivity index (χ0) is 8.15. The smallest absolute Gasteiger partial charge is 0.196 e. The molecular formula is C8H19N2+. The zero-order valence-electron chi connectivity index (χ0n) is 7.73. The molecule has 0 bridgehead atoms. The van der Waals surface area contributed by atoms with Gasteiger partial charge in [0.1, 0.15) is 7.05 Å². The van der Waals surface area contributed by atoms with E-state index in [-0.39, 0.29) is 0 Å². The maximum absolute atomic E-state index is 3.11. The van der Waals surface area contributed by atoms with Crippen LogP contribution in [0.2, 0.25) is 0 Å². The lowest BCUT2D eigenvalue weighted by Gasteiger charge is -2.04. The second-order valence-electron chi connectivity index (χ2n) is 3.01. The molecule has 0 heterocycles. The molecule has 1 N–H and O–H groups in total. The number of hydrogen-bond donors (Lipinski definition) is 1. The first-order valence-corrected chi connectivity index (χ1v) is 3.78. The van der Waals surface area contributed by atoms with E-state index < -0.39 is 0 Å². The summed E-state index contributed by atoms with van der Waals surface area (Å²) in [4.78, 5) is 0. The molecule has 10 heavy (non-hydrogen) atoms. The molecule has 0 aliphatic heterocycles. The Kier molecular flexibility index (Phi) is 4.28. The summed E-state index contributed by atoms with van der Waals surface area (Å²) in [6.45, 7) is 7.52. The Bertz CT molecular complexity index is 125. The lowest BCUT2D eigenvalue weighted by Crippen LogP contribution is -2.27. The lowest BCUT2D eigenvalue weighted by molar-refractivity contribution is -0.504. The van der Waals surface area contributed by atoms with Crippen molar-refractivity contribution in [2.45, 2.75) is 20.8 Å². The molecule has 0 atom stereocenters. The van der Waals surface area contributed by atoms with E-state index in [0.717, 1.165) is 6.67 Å². The lowest BCUT2D eigenvalue weighted by atomic mass is 10.1. The molecule has 0 saturated carbocycles. The van der Waals surface area contributed by atoms with Gasteiger partial charge in [0.2, 0.25) is 0 Å². The van der Waals surface area contributed by atoms with Gasteiger partial charge in [0.15, 0.2) is 12.4 Å². The van der Waals surface area contributed by atoms with Gasteiger partial charge in [0, 0.05) is 12.8 Å². The normalized spacial score (nSPS) is 13.8. The van der Waals surface area contributed by atoms with Crippen LogP contribution in [0.4, 0.5) is 0 Å². The first-order chi connectivity index (χ1) is 4.59. The number of nitrogens with zero attached hydrogens (tertiary/aromatic N) is 1. The van der Waals surface area contributed by atoms with Gasteiger partial charge in [0.25, 0.3) is 0 Å². The zero-order valence-corrected chi connectivity index (χ0v) is 7.73. The predicted molar refractivity (Wildman–Crippen MR) is 45.6 cm³/mol. The van der Waals surface area contributed by atoms with E-state index in [0.29, 0.717) is 5.92 Å². The summed E-state index contributed by atoms with van der Waals surface area (Å²) in [6.07, 6.45) is 0. The second kappa shape index (κ2) is 4.45. The first-order valence-electron chi connectivity index (χ1n) is 3.78. The van der Waals surface area contributed by atoms with Crippen LogP contribution in [0.1, 0.15) is 20.8 Å². The topological polar surface area (TPSA) is 15.0 Å². The molecule has 0 aliphatic rings. The Hall–Kier alpha value is -0.370. The van der Waals surface area contributed by atoms with Crippen LogP contribution in [0.15, 0.2) is 0 Å². The highest BCUT2D eigenvalue weighted by Crippen LogP contribution is 1.93. The number of rotatable bonds is 3. The molecular weight excluding hydrogens is 124 g/mol. The summed E-state index contributed by atoms with van der Waals surface area (Å²) in [6, 6.07) is 0. The molecule has 0 rings (SSSR count). The quantitative estimate of drug-likeness (QED) is 0.353. The van der Waals surface area contributed by atoms with Crippen molar-refractivity contribution in [2.24, 2.45) is 5.92 Å². The third kappa shape index (κ3) is 2.97. The van der Waals surface area contributed by atoms with Gasteiger partial charge in [0.05, 0.1) is 0 Å². The predicted octanol–water partition coefficient (Wildman–Crippen LogP) is 0.922. The van der Waals surface area contributed by atoms with Crippen LogP contribution >= 0.6 is 0 Å². The molecule has 0 spiro atoms. The fourth-order valence-electron chi connectivity index (χ4n) is 0.803. The Balaban J connectivity index is 4.05. The SMILES string of the molecule is CNC[N+](C)=C(C)C(C)C. The van der Waals surface area contributed by atoms with Gasteiger partial charge in [-0.3, -0.25) is 5.32 Å². The van der Waals surface area contributed by atoms with Gasteiger partial charge in [-0.15, -0.1) is 0 Å². The Morgan fingerprint density at radius 2 is 2.00 bits per heavy atom. The molecule has 0 radical (unpaired) electrons. The van der Waals surface area contributed by atoms with Crippen molar-refractivity contribution in [3.8, 4) is 0 Å². The largest absolute Gasteiger partial charge is 0.265 e. The van der Waals surface area contributed by atoms with Crippen molar-refractivity contribution in [3.05, 3.63) is 0 Å². The van der Waals surface area contributed by atoms with Gasteiger partial charge < -0.3 is 0 Å². The molecule has 2 nitrogen and oxygen atoms in total. The van der Waals surface area contributed by atoms with Crippen molar-refractivity contribution in [2.75, 3.05) is 20.8 Å². The van der Waals surface area contributed by atoms with Crippen molar-refractivity contribution in [3.63, 3.8) is 0 Å². The molecule has 0 aliphatic carbocycles. The van der Waals surface area contributed by atoms with Crippen LogP contribution < -0.4 is 5.32 Å². The Morgan fingerprint density at radius 3 is 2.30 bits per heavy atom. The fraction of sp³-hybridized carbons (Fsp3) is 0.875. The summed E-state index contributed by atoms with van der Waals surface area (Å²) < 4.78 is 2.23. The van der Waals surface area contributed by atoms with Crippen molar-refractivity contribution in [1.82, 2.24) is 5.32 Å². The first kappa shape index (κ1) is 9.63. The summed E-state index contributed by atoms with van der Waals surface area (Å²) in [7, 11) is 4.07. The third-order valence-corrected chi connectivity index (χ3v) is 1.83. The third-order valence-electron chi connectivity index (χ3n) is 1.83. The maximum atomic E-state index is 3.11. The molecule has 0 aromatic rings. The van der Waals surface area contributed by atoms with Gasteiger partial charge >= 0.3 is 0 Å². The van der Waals surface area contributed by atoms with E-state index in [4.69, 9.17) is 0 Å². The van der Waals surface area contributed by atoms with Crippen LogP contribution in [0.5, 0.6) is 0 Å². The monoisotopic (exact) mass is 143 g/mol. The van der Waals surface area contributed by atoms with E-state index >= 15 is 0 Å². The van der Waals surface area contributed by atoms with Crippen molar-refractivity contribution < 1.29 is 4.58 Å². The second-order valence-corrected chi connectivity index (χ2v) is 3.01. The van der Waals surface area contributed by atoms with E-state index in [2.05, 4.69) is 37.7 Å². The maximum Gasteiger partial charge on any atom is 0.196 e. The van der Waals surface area contributed by atoms with E-state index in [1.807, 2.05) is 7.05 Å². The molecule has 0 fully saturated rings. The summed E-state index contributed by atoms with van der Waals surface area (Å²) in [5.41, 5.74) is 1.43. The van der Waals surface area contributed by atoms with Crippen LogP contribution in [-0.2, 0) is 0 Å². The summed E-state index contributed by atoms with van der Waals surface area (Å²) in [5, 5.41) is 3.11. The molecule has 0 aromatic carbocycles. The molecule has 0 aromatic heterocycles. The highest BCUT2D eigenvalue weighted by Gasteiger charge is 2.07. The highest BCUT2D eigenvalue weighted by atomic mass is 15.1. The molecule has 60 valence electrons. The van der Waals surface area contributed by atoms with E-state index in [1.165, 1.54) is 5.71 Å². The van der Waals surface area contributed by atoms with Crippen LogP contribution in [0.25, 0.3) is 0 Å². The van der Waals surface area contributed by atoms with E-state index in [1.54, 1.807) is 0 Å². The van der Waals surface area contributed by atoms with Gasteiger partial charge in [-0.2, -0.15) is 0 Å². The van der Waals surface area contributed by atoms with Gasteiger partial charge in [-0.1, -0.05) is 13.8 Å². The molecule has 0 unspecified atom stereocenters. The van der Waals surface area contributed by atoms with Crippen molar-refractivity contribution >= 4 is 5.71 Å². The fourth-order valence-corrected chi connectivity index (χ4v) is 0.803. The van der Waals surface area contributed by atoms with Crippen LogP contribution in [0, 0.1) is 5.92 Å². The number of hydrogen-bond acceptors (Lipinski definition) is 1.